The summed E-state index contributed by atoms with van der Waals surface area (Å²) >= 11 is 0. The quantitative estimate of drug-likeness (QED) is 0.777. The van der Waals surface area contributed by atoms with Gasteiger partial charge in [0.25, 0.3) is 0 Å². The van der Waals surface area contributed by atoms with Crippen molar-refractivity contribution in [1.82, 2.24) is 5.32 Å². The van der Waals surface area contributed by atoms with Gasteiger partial charge in [-0.2, -0.15) is 0 Å². The number of rotatable bonds is 5. The number of methoxy groups -OCH3 is 4. The topological polar surface area (TPSA) is 83.1 Å². The molecule has 1 aliphatic rings. The van der Waals surface area contributed by atoms with E-state index in [0.29, 0.717) is 35.7 Å². The molecule has 0 spiro atoms. The maximum absolute atomic E-state index is 12.2. The lowest BCUT2D eigenvalue weighted by Crippen LogP contribution is -2.26. The van der Waals surface area contributed by atoms with Crippen LogP contribution in [0.5, 0.6) is 17.2 Å². The van der Waals surface area contributed by atoms with Gasteiger partial charge in [-0.25, -0.2) is 4.79 Å². The van der Waals surface area contributed by atoms with E-state index in [-0.39, 0.29) is 11.9 Å². The van der Waals surface area contributed by atoms with Crippen molar-refractivity contribution in [2.75, 3.05) is 28.4 Å². The molecule has 29 heavy (non-hydrogen) atoms. The van der Waals surface area contributed by atoms with Crippen LogP contribution < -0.4 is 19.5 Å². The smallest absolute Gasteiger partial charge is 0.337 e. The van der Waals surface area contributed by atoms with Gasteiger partial charge in [0.15, 0.2) is 11.5 Å². The fraction of sp³-hybridized carbons (Fsp3) is 0.364. The third-order valence-corrected chi connectivity index (χ3v) is 5.11. The normalized spacial score (nSPS) is 14.7. The number of hydrogen-bond acceptors (Lipinski definition) is 6. The predicted molar refractivity (Wildman–Crippen MR) is 108 cm³/mol. The van der Waals surface area contributed by atoms with E-state index in [0.717, 1.165) is 22.3 Å². The number of aryl methyl sites for hydroxylation is 1. The molecule has 0 unspecified atom stereocenters. The second-order valence-corrected chi connectivity index (χ2v) is 6.76. The van der Waals surface area contributed by atoms with Crippen molar-refractivity contribution in [3.63, 3.8) is 0 Å². The van der Waals surface area contributed by atoms with Crippen LogP contribution in [0.4, 0.5) is 0 Å². The zero-order valence-electron chi connectivity index (χ0n) is 17.3. The summed E-state index contributed by atoms with van der Waals surface area (Å²) in [4.78, 5) is 24.0. The van der Waals surface area contributed by atoms with Crippen molar-refractivity contribution in [2.24, 2.45) is 0 Å². The molecule has 1 amide bonds. The van der Waals surface area contributed by atoms with Crippen LogP contribution in [-0.2, 0) is 16.0 Å². The number of amides is 1. The van der Waals surface area contributed by atoms with Crippen LogP contribution in [0.25, 0.3) is 11.1 Å². The number of nitrogens with one attached hydrogen (secondary N) is 1. The predicted octanol–water partition coefficient (Wildman–Crippen LogP) is 3.29. The van der Waals surface area contributed by atoms with Crippen molar-refractivity contribution in [3.8, 4) is 28.4 Å². The third-order valence-electron chi connectivity index (χ3n) is 5.11. The Morgan fingerprint density at radius 1 is 1.00 bits per heavy atom. The largest absolute Gasteiger partial charge is 0.493 e. The first kappa shape index (κ1) is 20.5. The maximum Gasteiger partial charge on any atom is 0.337 e. The molecule has 1 aliphatic carbocycles. The average molecular weight is 399 g/mol. The maximum atomic E-state index is 12.2. The molecule has 154 valence electrons. The highest BCUT2D eigenvalue weighted by atomic mass is 16.5. The second kappa shape index (κ2) is 8.43. The second-order valence-electron chi connectivity index (χ2n) is 6.76. The molecule has 0 saturated carbocycles. The molecule has 0 heterocycles. The number of benzene rings is 2. The van der Waals surface area contributed by atoms with Crippen molar-refractivity contribution in [1.29, 1.82) is 0 Å². The van der Waals surface area contributed by atoms with Gasteiger partial charge in [-0.1, -0.05) is 6.07 Å². The highest BCUT2D eigenvalue weighted by Crippen LogP contribution is 2.50. The minimum atomic E-state index is -0.436. The summed E-state index contributed by atoms with van der Waals surface area (Å²) in [6.07, 6.45) is 1.37. The lowest BCUT2D eigenvalue weighted by Gasteiger charge is -2.21. The van der Waals surface area contributed by atoms with Crippen LogP contribution in [0.3, 0.4) is 0 Å². The Morgan fingerprint density at radius 2 is 1.72 bits per heavy atom. The number of ether oxygens (including phenoxy) is 4. The summed E-state index contributed by atoms with van der Waals surface area (Å²) in [5, 5.41) is 3.01. The van der Waals surface area contributed by atoms with Gasteiger partial charge < -0.3 is 24.3 Å². The molecule has 0 bridgehead atoms. The van der Waals surface area contributed by atoms with Crippen molar-refractivity contribution in [3.05, 3.63) is 41.0 Å². The third kappa shape index (κ3) is 3.72. The Morgan fingerprint density at radius 3 is 2.31 bits per heavy atom. The fourth-order valence-corrected chi connectivity index (χ4v) is 3.87. The Kier molecular flexibility index (Phi) is 5.96. The van der Waals surface area contributed by atoms with E-state index >= 15 is 0 Å². The van der Waals surface area contributed by atoms with Gasteiger partial charge in [-0.15, -0.1) is 0 Å². The Hall–Kier alpha value is -3.22. The molecule has 7 heteroatoms. The summed E-state index contributed by atoms with van der Waals surface area (Å²) in [5.41, 5.74) is 3.90. The number of carbonyl (C=O) groups excluding carboxylic acids is 2. The van der Waals surface area contributed by atoms with Gasteiger partial charge in [-0.05, 0) is 47.7 Å². The summed E-state index contributed by atoms with van der Waals surface area (Å²) in [7, 11) is 6.04. The van der Waals surface area contributed by atoms with E-state index in [1.165, 1.54) is 14.0 Å². The van der Waals surface area contributed by atoms with Gasteiger partial charge in [0.2, 0.25) is 11.7 Å². The van der Waals surface area contributed by atoms with Crippen LogP contribution >= 0.6 is 0 Å². The van der Waals surface area contributed by atoms with Crippen molar-refractivity contribution in [2.45, 2.75) is 25.8 Å². The highest BCUT2D eigenvalue weighted by molar-refractivity contribution is 5.93. The fourth-order valence-electron chi connectivity index (χ4n) is 3.87. The van der Waals surface area contributed by atoms with E-state index in [2.05, 4.69) is 5.32 Å². The van der Waals surface area contributed by atoms with Gasteiger partial charge in [-0.3, -0.25) is 4.79 Å². The van der Waals surface area contributed by atoms with Crippen molar-refractivity contribution < 1.29 is 28.5 Å². The van der Waals surface area contributed by atoms with E-state index in [9.17, 15) is 9.59 Å². The Labute approximate surface area is 169 Å². The molecule has 1 N–H and O–H groups in total. The Balaban J connectivity index is 2.34. The van der Waals surface area contributed by atoms with Gasteiger partial charge >= 0.3 is 5.97 Å². The monoisotopic (exact) mass is 399 g/mol. The molecule has 0 aromatic heterocycles. The van der Waals surface area contributed by atoms with E-state index in [4.69, 9.17) is 18.9 Å². The molecule has 0 radical (unpaired) electrons. The molecule has 2 aromatic carbocycles. The van der Waals surface area contributed by atoms with E-state index in [1.54, 1.807) is 33.5 Å². The molecule has 0 aliphatic heterocycles. The van der Waals surface area contributed by atoms with E-state index in [1.807, 2.05) is 12.1 Å². The van der Waals surface area contributed by atoms with Gasteiger partial charge in [0, 0.05) is 12.5 Å². The summed E-state index contributed by atoms with van der Waals surface area (Å²) in [5.74, 6) is 1.00. The molecule has 0 saturated heterocycles. The molecular formula is C22H25NO6. The number of esters is 1. The number of hydrogen-bond donors (Lipinski definition) is 1. The standard InChI is InChI=1S/C22H25NO6/c1-12(24)23-17-9-7-13-11-18(26-2)20(27-3)21(28-4)19(13)16-10-14(22(25)29-5)6-8-15(16)17/h6,8,10-11,17H,7,9H2,1-5H3,(H,23,24)/t17-/m1/s1. The minimum Gasteiger partial charge on any atom is -0.493 e. The lowest BCUT2D eigenvalue weighted by molar-refractivity contribution is -0.119. The molecule has 7 nitrogen and oxygen atoms in total. The zero-order chi connectivity index (χ0) is 21.1. The van der Waals surface area contributed by atoms with Crippen LogP contribution in [0.1, 0.15) is 40.9 Å². The van der Waals surface area contributed by atoms with Gasteiger partial charge in [0.05, 0.1) is 40.0 Å². The molecule has 0 fully saturated rings. The van der Waals surface area contributed by atoms with Crippen LogP contribution in [0, 0.1) is 0 Å². The first-order valence-corrected chi connectivity index (χ1v) is 9.26. The molecular weight excluding hydrogens is 374 g/mol. The number of fused-ring (bicyclic) bond motifs is 3. The molecule has 2 aromatic rings. The van der Waals surface area contributed by atoms with Crippen LogP contribution in [-0.4, -0.2) is 40.3 Å². The summed E-state index contributed by atoms with van der Waals surface area (Å²) in [6, 6.07) is 7.05. The summed E-state index contributed by atoms with van der Waals surface area (Å²) < 4.78 is 21.7. The lowest BCUT2D eigenvalue weighted by atomic mass is 9.92. The van der Waals surface area contributed by atoms with Gasteiger partial charge in [0.1, 0.15) is 0 Å². The Bertz CT molecular complexity index is 953. The minimum absolute atomic E-state index is 0.119. The molecule has 1 atom stereocenters. The van der Waals surface area contributed by atoms with Crippen LogP contribution in [0.15, 0.2) is 24.3 Å². The first-order valence-electron chi connectivity index (χ1n) is 9.26. The van der Waals surface area contributed by atoms with Crippen molar-refractivity contribution >= 4 is 11.9 Å². The van der Waals surface area contributed by atoms with E-state index < -0.39 is 5.97 Å². The first-order chi connectivity index (χ1) is 13.9. The SMILES string of the molecule is COC(=O)c1ccc2c(c1)-c1c(cc(OC)c(OC)c1OC)CC[C@H]2NC(C)=O. The van der Waals surface area contributed by atoms with Crippen LogP contribution in [0.2, 0.25) is 0 Å². The summed E-state index contributed by atoms with van der Waals surface area (Å²) in [6.45, 7) is 1.49. The molecule has 3 rings (SSSR count). The zero-order valence-corrected chi connectivity index (χ0v) is 17.3. The number of carbonyl (C=O) groups is 2. The highest BCUT2D eigenvalue weighted by Gasteiger charge is 2.30. The average Bonchev–Trinajstić information content (AvgIpc) is 2.87.